The highest BCUT2D eigenvalue weighted by Gasteiger charge is 2.14. The van der Waals surface area contributed by atoms with Crippen molar-refractivity contribution in [3.05, 3.63) is 42.0 Å². The lowest BCUT2D eigenvalue weighted by molar-refractivity contribution is 0.415. The fourth-order valence-corrected chi connectivity index (χ4v) is 3.01. The van der Waals surface area contributed by atoms with Gasteiger partial charge in [-0.15, -0.1) is 10.2 Å². The first-order valence-corrected chi connectivity index (χ1v) is 8.25. The molecular weight excluding hydrogens is 328 g/mol. The lowest BCUT2D eigenvalue weighted by Gasteiger charge is -1.96. The number of rotatable bonds is 5. The summed E-state index contributed by atoms with van der Waals surface area (Å²) in [7, 11) is 1.64. The van der Waals surface area contributed by atoms with Crippen LogP contribution in [0.1, 0.15) is 11.5 Å². The van der Waals surface area contributed by atoms with Gasteiger partial charge in [-0.3, -0.25) is 0 Å². The highest BCUT2D eigenvalue weighted by molar-refractivity contribution is 7.98. The van der Waals surface area contributed by atoms with Crippen molar-refractivity contribution >= 4 is 22.8 Å². The maximum absolute atomic E-state index is 5.64. The minimum absolute atomic E-state index is 0.391. The van der Waals surface area contributed by atoms with E-state index in [1.807, 2.05) is 31.2 Å². The van der Waals surface area contributed by atoms with Crippen LogP contribution >= 0.6 is 11.8 Å². The molecule has 3 heterocycles. The Balaban J connectivity index is 1.49. The third-order valence-corrected chi connectivity index (χ3v) is 4.38. The first-order valence-electron chi connectivity index (χ1n) is 7.26. The minimum atomic E-state index is 0.391. The largest absolute Gasteiger partial charge is 0.497 e. The number of aromatic nitrogens is 4. The van der Waals surface area contributed by atoms with Gasteiger partial charge in [-0.2, -0.15) is 0 Å². The van der Waals surface area contributed by atoms with E-state index < -0.39 is 0 Å². The van der Waals surface area contributed by atoms with E-state index in [0.717, 1.165) is 27.5 Å². The Labute approximate surface area is 141 Å². The lowest BCUT2D eigenvalue weighted by Crippen LogP contribution is -1.81. The van der Waals surface area contributed by atoms with E-state index >= 15 is 0 Å². The van der Waals surface area contributed by atoms with Crippen molar-refractivity contribution in [1.82, 2.24) is 20.2 Å². The molecule has 0 fully saturated rings. The molecular formula is C16H14N4O3S. The summed E-state index contributed by atoms with van der Waals surface area (Å²) in [5.41, 5.74) is 2.77. The molecule has 0 radical (unpaired) electrons. The van der Waals surface area contributed by atoms with Crippen molar-refractivity contribution in [3.63, 3.8) is 0 Å². The molecule has 4 aromatic rings. The van der Waals surface area contributed by atoms with Crippen LogP contribution in [0.5, 0.6) is 5.75 Å². The maximum Gasteiger partial charge on any atom is 0.283 e. The Hall–Kier alpha value is -2.74. The number of furan rings is 1. The van der Waals surface area contributed by atoms with Gasteiger partial charge in [0, 0.05) is 11.6 Å². The summed E-state index contributed by atoms with van der Waals surface area (Å²) < 4.78 is 16.2. The molecule has 0 saturated heterocycles. The monoisotopic (exact) mass is 342 g/mol. The van der Waals surface area contributed by atoms with Crippen LogP contribution in [0.15, 0.2) is 44.5 Å². The predicted octanol–water partition coefficient (Wildman–Crippen LogP) is 3.82. The molecule has 0 aliphatic rings. The van der Waals surface area contributed by atoms with E-state index in [0.29, 0.717) is 23.3 Å². The first kappa shape index (κ1) is 14.8. The van der Waals surface area contributed by atoms with E-state index in [-0.39, 0.29) is 0 Å². The molecule has 1 aromatic carbocycles. The number of benzene rings is 1. The minimum Gasteiger partial charge on any atom is -0.497 e. The van der Waals surface area contributed by atoms with Gasteiger partial charge in [-0.1, -0.05) is 11.8 Å². The lowest BCUT2D eigenvalue weighted by atomic mass is 10.3. The summed E-state index contributed by atoms with van der Waals surface area (Å²) in [5, 5.41) is 8.86. The van der Waals surface area contributed by atoms with Gasteiger partial charge in [0.05, 0.1) is 30.2 Å². The number of H-pyrrole nitrogens is 1. The molecule has 0 aliphatic carbocycles. The van der Waals surface area contributed by atoms with Gasteiger partial charge in [-0.05, 0) is 25.1 Å². The number of aryl methyl sites for hydroxylation is 1. The highest BCUT2D eigenvalue weighted by Crippen LogP contribution is 2.27. The van der Waals surface area contributed by atoms with Crippen molar-refractivity contribution in [3.8, 4) is 17.4 Å². The van der Waals surface area contributed by atoms with Gasteiger partial charge in [0.15, 0.2) is 10.9 Å². The number of hydrogen-bond acceptors (Lipinski definition) is 7. The number of hydrogen-bond donors (Lipinski definition) is 1. The van der Waals surface area contributed by atoms with Crippen LogP contribution in [0.25, 0.3) is 22.7 Å². The first-order chi connectivity index (χ1) is 11.7. The molecule has 0 saturated carbocycles. The average molecular weight is 342 g/mol. The van der Waals surface area contributed by atoms with Gasteiger partial charge < -0.3 is 18.6 Å². The third-order valence-electron chi connectivity index (χ3n) is 3.52. The molecule has 7 nitrogen and oxygen atoms in total. The Morgan fingerprint density at radius 1 is 1.25 bits per heavy atom. The van der Waals surface area contributed by atoms with Crippen molar-refractivity contribution in [2.75, 3.05) is 7.11 Å². The van der Waals surface area contributed by atoms with Crippen LogP contribution in [0.2, 0.25) is 0 Å². The molecule has 0 unspecified atom stereocenters. The summed E-state index contributed by atoms with van der Waals surface area (Å²) in [5.74, 6) is 2.82. The Morgan fingerprint density at radius 3 is 2.96 bits per heavy atom. The normalized spacial score (nSPS) is 11.2. The van der Waals surface area contributed by atoms with Gasteiger partial charge in [0.2, 0.25) is 5.89 Å². The Kier molecular flexibility index (Phi) is 3.73. The second kappa shape index (κ2) is 6.04. The van der Waals surface area contributed by atoms with Crippen LogP contribution < -0.4 is 4.74 Å². The summed E-state index contributed by atoms with van der Waals surface area (Å²) in [4.78, 5) is 7.76. The zero-order valence-corrected chi connectivity index (χ0v) is 13.9. The average Bonchev–Trinajstić information content (AvgIpc) is 3.30. The van der Waals surface area contributed by atoms with Crippen molar-refractivity contribution < 1.29 is 13.6 Å². The number of ether oxygens (including phenoxy) is 1. The van der Waals surface area contributed by atoms with Crippen LogP contribution in [-0.4, -0.2) is 27.3 Å². The fraction of sp³-hybridized carbons (Fsp3) is 0.188. The maximum atomic E-state index is 5.64. The number of nitrogens with zero attached hydrogens (tertiary/aromatic N) is 3. The summed E-state index contributed by atoms with van der Waals surface area (Å²) in [6.07, 6.45) is 1.60. The fourth-order valence-electron chi connectivity index (χ4n) is 2.29. The molecule has 0 amide bonds. The summed E-state index contributed by atoms with van der Waals surface area (Å²) >= 11 is 1.49. The molecule has 0 atom stereocenters. The zero-order chi connectivity index (χ0) is 16.5. The molecule has 8 heteroatoms. The van der Waals surface area contributed by atoms with Crippen molar-refractivity contribution in [2.24, 2.45) is 0 Å². The second-order valence-corrected chi connectivity index (χ2v) is 6.11. The molecule has 122 valence electrons. The number of methoxy groups -OCH3 is 1. The van der Waals surface area contributed by atoms with E-state index in [4.69, 9.17) is 13.6 Å². The molecule has 3 aromatic heterocycles. The second-order valence-electron chi connectivity index (χ2n) is 5.15. The summed E-state index contributed by atoms with van der Waals surface area (Å²) in [6.45, 7) is 1.93. The molecule has 0 aliphatic heterocycles. The standard InChI is InChI=1S/C16H14N4O3S/c1-9-5-6-22-14(9)15-20-19-13(23-15)8-24-16-17-11-4-3-10(21-2)7-12(11)18-16/h3-7H,8H2,1-2H3,(H,17,18). The van der Waals surface area contributed by atoms with E-state index in [1.54, 1.807) is 13.4 Å². The predicted molar refractivity (Wildman–Crippen MR) is 88.9 cm³/mol. The van der Waals surface area contributed by atoms with Gasteiger partial charge in [0.1, 0.15) is 5.75 Å². The zero-order valence-electron chi connectivity index (χ0n) is 13.1. The van der Waals surface area contributed by atoms with Crippen LogP contribution in [-0.2, 0) is 5.75 Å². The smallest absolute Gasteiger partial charge is 0.283 e. The van der Waals surface area contributed by atoms with E-state index in [9.17, 15) is 0 Å². The topological polar surface area (TPSA) is 90.0 Å². The van der Waals surface area contributed by atoms with E-state index in [1.165, 1.54) is 11.8 Å². The SMILES string of the molecule is COc1ccc2nc(SCc3nnc(-c4occc4C)o3)[nH]c2c1. The molecule has 4 rings (SSSR count). The van der Waals surface area contributed by atoms with Crippen LogP contribution in [0.4, 0.5) is 0 Å². The Morgan fingerprint density at radius 2 is 2.17 bits per heavy atom. The summed E-state index contributed by atoms with van der Waals surface area (Å²) in [6, 6.07) is 7.57. The third kappa shape index (κ3) is 2.76. The number of aromatic amines is 1. The molecule has 1 N–H and O–H groups in total. The van der Waals surface area contributed by atoms with Crippen molar-refractivity contribution in [1.29, 1.82) is 0 Å². The molecule has 0 spiro atoms. The van der Waals surface area contributed by atoms with Crippen molar-refractivity contribution in [2.45, 2.75) is 17.8 Å². The highest BCUT2D eigenvalue weighted by atomic mass is 32.2. The van der Waals surface area contributed by atoms with Gasteiger partial charge in [0.25, 0.3) is 5.89 Å². The van der Waals surface area contributed by atoms with Gasteiger partial charge in [-0.25, -0.2) is 4.98 Å². The van der Waals surface area contributed by atoms with E-state index in [2.05, 4.69) is 20.2 Å². The Bertz CT molecular complexity index is 988. The number of imidazole rings is 1. The molecule has 24 heavy (non-hydrogen) atoms. The quantitative estimate of drug-likeness (QED) is 0.551. The van der Waals surface area contributed by atoms with Gasteiger partial charge >= 0.3 is 0 Å². The van der Waals surface area contributed by atoms with Crippen LogP contribution in [0.3, 0.4) is 0 Å². The molecule has 0 bridgehead atoms. The number of thioether (sulfide) groups is 1. The van der Waals surface area contributed by atoms with Crippen LogP contribution in [0, 0.1) is 6.92 Å². The number of fused-ring (bicyclic) bond motifs is 1. The number of nitrogens with one attached hydrogen (secondary N) is 1.